The van der Waals surface area contributed by atoms with Crippen molar-refractivity contribution < 1.29 is 31.0 Å². The van der Waals surface area contributed by atoms with E-state index >= 15 is 0 Å². The van der Waals surface area contributed by atoms with Crippen molar-refractivity contribution in [2.24, 2.45) is 0 Å². The first-order valence-electron chi connectivity index (χ1n) is 18.2. The molecule has 0 rings (SSSR count). The van der Waals surface area contributed by atoms with Gasteiger partial charge in [-0.2, -0.15) is 0 Å². The molecule has 0 aromatic heterocycles. The number of hydrogen-bond acceptors (Lipinski definition) is 9. The predicted molar refractivity (Wildman–Crippen MR) is 195 cm³/mol. The van der Waals surface area contributed by atoms with Crippen molar-refractivity contribution in [2.75, 3.05) is 59.3 Å². The van der Waals surface area contributed by atoms with Crippen molar-refractivity contribution in [3.05, 3.63) is 0 Å². The van der Waals surface area contributed by atoms with Gasteiger partial charge >= 0.3 is 25.9 Å². The summed E-state index contributed by atoms with van der Waals surface area (Å²) in [5.74, 6) is 0.461. The smallest absolute Gasteiger partial charge is 0.395 e. The Hall–Kier alpha value is 0.508. The fourth-order valence-corrected chi connectivity index (χ4v) is 15.2. The lowest BCUT2D eigenvalue weighted by Gasteiger charge is -2.28. The molecule has 0 aromatic rings. The van der Waals surface area contributed by atoms with Gasteiger partial charge in [-0.1, -0.05) is 38.1 Å². The molecule has 2 N–H and O–H groups in total. The second kappa shape index (κ2) is 28.5. The molecule has 0 bridgehead atoms. The maximum atomic E-state index is 6.05. The second-order valence-electron chi connectivity index (χ2n) is 11.7. The van der Waals surface area contributed by atoms with Gasteiger partial charge in [0.05, 0.1) is 9.52 Å². The molecule has 0 spiro atoms. The van der Waals surface area contributed by atoms with E-state index in [2.05, 4.69) is 51.4 Å². The predicted octanol–water partition coefficient (Wildman–Crippen LogP) is 6.50. The van der Waals surface area contributed by atoms with Crippen LogP contribution in [0.2, 0.25) is 37.3 Å². The minimum absolute atomic E-state index is 0.286. The molecule has 0 amide bonds. The molecule has 0 aliphatic rings. The third kappa shape index (κ3) is 22.1. The van der Waals surface area contributed by atoms with Crippen LogP contribution in [0.4, 0.5) is 0 Å². The van der Waals surface area contributed by atoms with Crippen LogP contribution in [0.25, 0.3) is 0 Å². The number of rotatable bonds is 34. The van der Waals surface area contributed by atoms with Crippen molar-refractivity contribution in [1.29, 1.82) is 0 Å². The fourth-order valence-electron chi connectivity index (χ4n) is 5.82. The van der Waals surface area contributed by atoms with Crippen molar-refractivity contribution >= 4 is 35.4 Å². The first-order valence-corrected chi connectivity index (χ1v) is 26.9. The molecule has 0 saturated carbocycles. The minimum Gasteiger partial charge on any atom is -0.395 e. The summed E-state index contributed by atoms with van der Waals surface area (Å²) in [6.07, 6.45) is 9.78. The largest absolute Gasteiger partial charge is 0.500 e. The highest BCUT2D eigenvalue weighted by atomic mass is 28.4. The Labute approximate surface area is 278 Å². The van der Waals surface area contributed by atoms with Gasteiger partial charge in [0.15, 0.2) is 0 Å². The average Bonchev–Trinajstić information content (AvgIpc) is 2.97. The van der Waals surface area contributed by atoms with Crippen molar-refractivity contribution in [3.8, 4) is 0 Å². The van der Waals surface area contributed by atoms with Gasteiger partial charge in [-0.25, -0.2) is 0 Å². The van der Waals surface area contributed by atoms with Crippen LogP contribution in [-0.2, 0) is 31.0 Å². The van der Waals surface area contributed by atoms with E-state index in [9.17, 15) is 0 Å². The number of unbranched alkanes of at least 4 members (excludes halogenated alkanes) is 5. The summed E-state index contributed by atoms with van der Waals surface area (Å²) in [4.78, 5) is 0. The molecule has 9 nitrogen and oxygen atoms in total. The van der Waals surface area contributed by atoms with E-state index < -0.39 is 25.9 Å². The van der Waals surface area contributed by atoms with Gasteiger partial charge < -0.3 is 41.6 Å². The molecule has 0 fully saturated rings. The van der Waals surface area contributed by atoms with Gasteiger partial charge in [0, 0.05) is 58.1 Å². The highest BCUT2D eigenvalue weighted by Crippen LogP contribution is 2.21. The molecule has 0 saturated heterocycles. The lowest BCUT2D eigenvalue weighted by molar-refractivity contribution is 0.0706. The molecule has 0 aliphatic carbocycles. The molecule has 0 atom stereocenters. The molecule has 0 radical (unpaired) electrons. The van der Waals surface area contributed by atoms with E-state index in [-0.39, 0.29) is 9.52 Å². The highest BCUT2D eigenvalue weighted by Gasteiger charge is 2.39. The van der Waals surface area contributed by atoms with Crippen LogP contribution in [0.15, 0.2) is 0 Å². The monoisotopic (exact) mass is 698 g/mol. The van der Waals surface area contributed by atoms with Gasteiger partial charge in [-0.3, -0.25) is 0 Å². The third-order valence-corrected chi connectivity index (χ3v) is 19.1. The van der Waals surface area contributed by atoms with E-state index in [0.717, 1.165) is 76.9 Å². The van der Waals surface area contributed by atoms with Crippen LogP contribution < -0.4 is 10.6 Å². The Balaban J connectivity index is 4.61. The van der Waals surface area contributed by atoms with Crippen LogP contribution in [0.3, 0.4) is 0 Å². The quantitative estimate of drug-likeness (QED) is 0.0445. The van der Waals surface area contributed by atoms with E-state index in [0.29, 0.717) is 25.6 Å². The Bertz CT molecular complexity index is 585. The summed E-state index contributed by atoms with van der Waals surface area (Å²) >= 11 is 0. The van der Waals surface area contributed by atoms with Gasteiger partial charge in [0.25, 0.3) is 0 Å². The Morgan fingerprint density at radius 3 is 1.20 bits per heavy atom. The SMILES string of the molecule is CCO[Si](C)(CCCNC(NCCC[Si](C)(OCC)OCC)[SiH2]CCCCCCCC[Si](OCC)(OCC)OCC)OCC. The van der Waals surface area contributed by atoms with Crippen LogP contribution in [0.5, 0.6) is 0 Å². The molecule has 44 heavy (non-hydrogen) atoms. The number of hydrogen-bond donors (Lipinski definition) is 2. The van der Waals surface area contributed by atoms with Gasteiger partial charge in [-0.15, -0.1) is 0 Å². The summed E-state index contributed by atoms with van der Waals surface area (Å²) in [6, 6.07) is 4.37. The van der Waals surface area contributed by atoms with Crippen molar-refractivity contribution in [3.63, 3.8) is 0 Å². The first-order chi connectivity index (χ1) is 21.2. The molecule has 266 valence electrons. The first kappa shape index (κ1) is 44.5. The molecular formula is C31H74N2O7Si4. The van der Waals surface area contributed by atoms with E-state index in [1.807, 2.05) is 20.8 Å². The summed E-state index contributed by atoms with van der Waals surface area (Å²) in [5, 5.41) is 7.73. The zero-order chi connectivity index (χ0) is 33.0. The molecule has 13 heteroatoms. The Morgan fingerprint density at radius 1 is 0.455 bits per heavy atom. The number of nitrogens with one attached hydrogen (secondary N) is 2. The molecule has 0 aromatic carbocycles. The summed E-state index contributed by atoms with van der Waals surface area (Å²) in [6.45, 7) is 25.7. The molecule has 0 unspecified atom stereocenters. The standard InChI is InChI=1S/C31H74N2O7Si4/c1-10-34-42(8,35-11-2)28-23-25-32-31(33-26-24-29-43(9,36-12-3)37-13-4)41-27-21-19-17-18-20-22-30-44(38-14-5,39-15-6)40-16-7/h31-33H,10-30,41H2,1-9H3. The summed E-state index contributed by atoms with van der Waals surface area (Å²) in [7, 11) is -6.88. The Kier molecular flexibility index (Phi) is 28.8. The summed E-state index contributed by atoms with van der Waals surface area (Å²) < 4.78 is 42.2. The maximum absolute atomic E-state index is 6.05. The maximum Gasteiger partial charge on any atom is 0.500 e. The molecular weight excluding hydrogens is 625 g/mol. The zero-order valence-corrected chi connectivity index (χ0v) is 34.9. The van der Waals surface area contributed by atoms with E-state index in [4.69, 9.17) is 31.0 Å². The second-order valence-corrected chi connectivity index (χ2v) is 23.2. The van der Waals surface area contributed by atoms with Gasteiger partial charge in [-0.05, 0) is 106 Å². The molecule has 0 aliphatic heterocycles. The van der Waals surface area contributed by atoms with Crippen LogP contribution in [-0.4, -0.2) is 101 Å². The average molecular weight is 699 g/mol. The van der Waals surface area contributed by atoms with Gasteiger partial charge in [0.2, 0.25) is 0 Å². The summed E-state index contributed by atoms with van der Waals surface area (Å²) in [5.41, 5.74) is 0. The van der Waals surface area contributed by atoms with Crippen molar-refractivity contribution in [1.82, 2.24) is 10.6 Å². The van der Waals surface area contributed by atoms with E-state index in [1.165, 1.54) is 38.1 Å². The zero-order valence-electron chi connectivity index (χ0n) is 30.5. The van der Waals surface area contributed by atoms with Crippen LogP contribution >= 0.6 is 0 Å². The lowest BCUT2D eigenvalue weighted by Crippen LogP contribution is -2.48. The topological polar surface area (TPSA) is 88.7 Å². The lowest BCUT2D eigenvalue weighted by atomic mass is 10.1. The third-order valence-electron chi connectivity index (χ3n) is 7.76. The van der Waals surface area contributed by atoms with E-state index in [1.54, 1.807) is 0 Å². The van der Waals surface area contributed by atoms with Gasteiger partial charge in [0.1, 0.15) is 0 Å². The Morgan fingerprint density at radius 2 is 0.818 bits per heavy atom. The van der Waals surface area contributed by atoms with Crippen LogP contribution in [0.1, 0.15) is 99.8 Å². The molecule has 0 heterocycles. The highest BCUT2D eigenvalue weighted by molar-refractivity contribution is 6.66. The minimum atomic E-state index is -2.49. The van der Waals surface area contributed by atoms with Crippen molar-refractivity contribution in [2.45, 2.75) is 143 Å². The van der Waals surface area contributed by atoms with Crippen LogP contribution in [0, 0.1) is 0 Å². The normalized spacial score (nSPS) is 13.2. The fraction of sp³-hybridized carbons (Fsp3) is 1.00.